The number of fused-ring (bicyclic) bond motifs is 1. The number of rotatable bonds is 5. The van der Waals surface area contributed by atoms with Gasteiger partial charge in [-0.3, -0.25) is 19.3 Å². The number of Topliss-reactive ketones (excluding diaryl/α,β-unsaturated/α-hetero) is 2. The Hall–Kier alpha value is -3.28. The van der Waals surface area contributed by atoms with Crippen molar-refractivity contribution in [1.82, 2.24) is 0 Å². The molecule has 0 fully saturated rings. The molecule has 0 N–H and O–H groups in total. The van der Waals surface area contributed by atoms with Crippen LogP contribution >= 0.6 is 0 Å². The number of carbonyl (C=O) groups is 4. The monoisotopic (exact) mass is 337 g/mol. The van der Waals surface area contributed by atoms with Crippen LogP contribution in [0.5, 0.6) is 0 Å². The van der Waals surface area contributed by atoms with Gasteiger partial charge in [-0.25, -0.2) is 4.79 Å². The summed E-state index contributed by atoms with van der Waals surface area (Å²) in [4.78, 5) is 50.4. The number of nitrogens with zero attached hydrogens (tertiary/aromatic N) is 1. The highest BCUT2D eigenvalue weighted by atomic mass is 16.5. The topological polar surface area (TPSA) is 80.8 Å². The molecular formula is C19H15NO5. The molecule has 0 aliphatic carbocycles. The molecule has 2 aromatic rings. The van der Waals surface area contributed by atoms with Gasteiger partial charge in [-0.1, -0.05) is 42.5 Å². The van der Waals surface area contributed by atoms with Gasteiger partial charge in [0.05, 0.1) is 18.4 Å². The highest BCUT2D eigenvalue weighted by molar-refractivity contribution is 6.52. The minimum atomic E-state index is -1.20. The molecule has 2 aromatic carbocycles. The van der Waals surface area contributed by atoms with Crippen molar-refractivity contribution < 1.29 is 23.9 Å². The standard InChI is InChI=1S/C19H15NO5/c1-25-19(24)15(11-16(21)12-7-3-2-4-8-12)20-14-10-6-5-9-13(14)17(22)18(20)23/h2-10,15H,11H2,1H3/t15-/m0/s1. The first-order valence-corrected chi connectivity index (χ1v) is 7.67. The van der Waals surface area contributed by atoms with Gasteiger partial charge in [0.15, 0.2) is 5.78 Å². The van der Waals surface area contributed by atoms with E-state index in [0.29, 0.717) is 11.3 Å². The van der Waals surface area contributed by atoms with Gasteiger partial charge < -0.3 is 4.74 Å². The van der Waals surface area contributed by atoms with Crippen molar-refractivity contribution in [2.75, 3.05) is 12.0 Å². The lowest BCUT2D eigenvalue weighted by Crippen LogP contribution is -2.46. The third kappa shape index (κ3) is 2.94. The van der Waals surface area contributed by atoms with E-state index in [1.54, 1.807) is 48.5 Å². The molecule has 3 rings (SSSR count). The summed E-state index contributed by atoms with van der Waals surface area (Å²) in [6.45, 7) is 0. The lowest BCUT2D eigenvalue weighted by molar-refractivity contribution is -0.143. The predicted molar refractivity (Wildman–Crippen MR) is 89.5 cm³/mol. The fourth-order valence-corrected chi connectivity index (χ4v) is 2.85. The second-order valence-electron chi connectivity index (χ2n) is 5.55. The summed E-state index contributed by atoms with van der Waals surface area (Å²) in [6, 6.07) is 13.6. The number of ether oxygens (including phenoxy) is 1. The molecule has 25 heavy (non-hydrogen) atoms. The summed E-state index contributed by atoms with van der Waals surface area (Å²) in [7, 11) is 1.18. The van der Waals surface area contributed by atoms with Crippen LogP contribution in [0, 0.1) is 0 Å². The molecule has 126 valence electrons. The van der Waals surface area contributed by atoms with Crippen LogP contribution in [-0.4, -0.2) is 36.6 Å². The SMILES string of the molecule is COC(=O)[C@H](CC(=O)c1ccccc1)N1C(=O)C(=O)c2ccccc21. The molecule has 0 unspecified atom stereocenters. The van der Waals surface area contributed by atoms with Crippen molar-refractivity contribution in [2.24, 2.45) is 0 Å². The van der Waals surface area contributed by atoms with Gasteiger partial charge in [0.2, 0.25) is 0 Å². The summed E-state index contributed by atoms with van der Waals surface area (Å²) >= 11 is 0. The zero-order valence-electron chi connectivity index (χ0n) is 13.5. The minimum absolute atomic E-state index is 0.216. The van der Waals surface area contributed by atoms with E-state index in [4.69, 9.17) is 4.74 Å². The third-order valence-electron chi connectivity index (χ3n) is 4.08. The van der Waals surface area contributed by atoms with Crippen LogP contribution in [-0.2, 0) is 14.3 Å². The zero-order valence-corrected chi connectivity index (χ0v) is 13.5. The number of benzene rings is 2. The Kier molecular flexibility index (Phi) is 4.43. The summed E-state index contributed by atoms with van der Waals surface area (Å²) < 4.78 is 4.76. The first kappa shape index (κ1) is 16.6. The molecule has 0 radical (unpaired) electrons. The zero-order chi connectivity index (χ0) is 18.0. The molecular weight excluding hydrogens is 322 g/mol. The van der Waals surface area contributed by atoms with E-state index in [-0.39, 0.29) is 17.8 Å². The Labute approximate surface area is 144 Å². The van der Waals surface area contributed by atoms with Crippen molar-refractivity contribution in [3.63, 3.8) is 0 Å². The number of methoxy groups -OCH3 is 1. The number of esters is 1. The number of carbonyl (C=O) groups excluding carboxylic acids is 4. The van der Waals surface area contributed by atoms with Crippen molar-refractivity contribution in [1.29, 1.82) is 0 Å². The molecule has 1 atom stereocenters. The average Bonchev–Trinajstić information content (AvgIpc) is 2.91. The summed E-state index contributed by atoms with van der Waals surface area (Å²) in [6.07, 6.45) is -0.274. The molecule has 0 bridgehead atoms. The second kappa shape index (κ2) is 6.68. The van der Waals surface area contributed by atoms with Gasteiger partial charge in [-0.2, -0.15) is 0 Å². The van der Waals surface area contributed by atoms with E-state index in [9.17, 15) is 19.2 Å². The molecule has 0 saturated carbocycles. The molecule has 6 heteroatoms. The number of ketones is 2. The van der Waals surface area contributed by atoms with Gasteiger partial charge in [0, 0.05) is 12.0 Å². The Morgan fingerprint density at radius 1 is 1.00 bits per heavy atom. The van der Waals surface area contributed by atoms with E-state index in [1.165, 1.54) is 13.2 Å². The van der Waals surface area contributed by atoms with E-state index in [0.717, 1.165) is 4.90 Å². The van der Waals surface area contributed by atoms with Gasteiger partial charge in [-0.15, -0.1) is 0 Å². The number of anilines is 1. The lowest BCUT2D eigenvalue weighted by atomic mass is 10.0. The van der Waals surface area contributed by atoms with Crippen LogP contribution in [0.2, 0.25) is 0 Å². The Bertz CT molecular complexity index is 859. The Balaban J connectivity index is 1.97. The van der Waals surface area contributed by atoms with Crippen LogP contribution in [0.25, 0.3) is 0 Å². The van der Waals surface area contributed by atoms with Crippen molar-refractivity contribution in [3.05, 3.63) is 65.7 Å². The quantitative estimate of drug-likeness (QED) is 0.474. The number of para-hydroxylation sites is 1. The van der Waals surface area contributed by atoms with Crippen LogP contribution in [0.3, 0.4) is 0 Å². The largest absolute Gasteiger partial charge is 0.467 e. The molecule has 6 nitrogen and oxygen atoms in total. The summed E-state index contributed by atoms with van der Waals surface area (Å²) in [5.74, 6) is -2.60. The molecule has 0 saturated heterocycles. The van der Waals surface area contributed by atoms with Gasteiger partial charge in [-0.05, 0) is 12.1 Å². The van der Waals surface area contributed by atoms with Crippen LogP contribution < -0.4 is 4.90 Å². The van der Waals surface area contributed by atoms with E-state index in [2.05, 4.69) is 0 Å². The van der Waals surface area contributed by atoms with E-state index < -0.39 is 23.7 Å². The average molecular weight is 337 g/mol. The van der Waals surface area contributed by atoms with Gasteiger partial charge in [0.25, 0.3) is 11.7 Å². The fourth-order valence-electron chi connectivity index (χ4n) is 2.85. The second-order valence-corrected chi connectivity index (χ2v) is 5.55. The highest BCUT2D eigenvalue weighted by Gasteiger charge is 2.43. The molecule has 1 aliphatic rings. The maximum atomic E-state index is 12.5. The fraction of sp³-hybridized carbons (Fsp3) is 0.158. The van der Waals surface area contributed by atoms with Gasteiger partial charge in [0.1, 0.15) is 6.04 Å². The summed E-state index contributed by atoms with van der Waals surface area (Å²) in [5, 5.41) is 0. The first-order chi connectivity index (χ1) is 12.0. The van der Waals surface area contributed by atoms with Crippen LogP contribution in [0.4, 0.5) is 5.69 Å². The first-order valence-electron chi connectivity index (χ1n) is 7.67. The molecule has 1 heterocycles. The summed E-state index contributed by atoms with van der Waals surface area (Å²) in [5.41, 5.74) is 0.949. The van der Waals surface area contributed by atoms with Crippen molar-refractivity contribution in [3.8, 4) is 0 Å². The Morgan fingerprint density at radius 2 is 1.64 bits per heavy atom. The van der Waals surface area contributed by atoms with Crippen molar-refractivity contribution >= 4 is 29.1 Å². The maximum absolute atomic E-state index is 12.5. The number of hydrogen-bond acceptors (Lipinski definition) is 5. The minimum Gasteiger partial charge on any atom is -0.467 e. The van der Waals surface area contributed by atoms with E-state index in [1.807, 2.05) is 0 Å². The third-order valence-corrected chi connectivity index (χ3v) is 4.08. The Morgan fingerprint density at radius 3 is 2.32 bits per heavy atom. The molecule has 1 amide bonds. The van der Waals surface area contributed by atoms with E-state index >= 15 is 0 Å². The van der Waals surface area contributed by atoms with Gasteiger partial charge >= 0.3 is 5.97 Å². The highest BCUT2D eigenvalue weighted by Crippen LogP contribution is 2.32. The molecule has 0 spiro atoms. The number of amides is 1. The lowest BCUT2D eigenvalue weighted by Gasteiger charge is -2.25. The van der Waals surface area contributed by atoms with Crippen molar-refractivity contribution in [2.45, 2.75) is 12.5 Å². The van der Waals surface area contributed by atoms with Crippen LogP contribution in [0.15, 0.2) is 54.6 Å². The smallest absolute Gasteiger partial charge is 0.329 e. The molecule has 1 aliphatic heterocycles. The normalized spacial score (nSPS) is 14.2. The maximum Gasteiger partial charge on any atom is 0.329 e. The molecule has 0 aromatic heterocycles. The number of hydrogen-bond donors (Lipinski definition) is 0. The predicted octanol–water partition coefficient (Wildman–Crippen LogP) is 2.03. The van der Waals surface area contributed by atoms with Crippen LogP contribution in [0.1, 0.15) is 27.1 Å².